The van der Waals surface area contributed by atoms with Gasteiger partial charge in [-0.15, -0.1) is 0 Å². The molecule has 1 heteroatoms. The largest absolute Gasteiger partial charge is 0.281 e. The summed E-state index contributed by atoms with van der Waals surface area (Å²) < 4.78 is 0. The van der Waals surface area contributed by atoms with E-state index in [1.807, 2.05) is 0 Å². The lowest BCUT2D eigenvalue weighted by molar-refractivity contribution is 0.403. The molecule has 17 heavy (non-hydrogen) atoms. The van der Waals surface area contributed by atoms with Crippen molar-refractivity contribution in [2.45, 2.75) is 38.1 Å². The maximum absolute atomic E-state index is 4.95. The molecule has 0 N–H and O–H groups in total. The quantitative estimate of drug-likeness (QED) is 0.717. The Morgan fingerprint density at radius 3 is 2.47 bits per heavy atom. The van der Waals surface area contributed by atoms with Crippen molar-refractivity contribution < 1.29 is 0 Å². The first-order chi connectivity index (χ1) is 8.43. The van der Waals surface area contributed by atoms with Crippen LogP contribution in [0.5, 0.6) is 0 Å². The van der Waals surface area contributed by atoms with Crippen LogP contribution in [0.3, 0.4) is 0 Å². The molecule has 1 aliphatic rings. The second kappa shape index (κ2) is 4.79. The zero-order valence-electron chi connectivity index (χ0n) is 10.1. The van der Waals surface area contributed by atoms with Crippen LogP contribution in [-0.4, -0.2) is 6.04 Å². The Balaban J connectivity index is 1.89. The van der Waals surface area contributed by atoms with Crippen molar-refractivity contribution >= 4 is 16.5 Å². The molecule has 0 bridgehead atoms. The average molecular weight is 224 g/mol. The second-order valence-corrected chi connectivity index (χ2v) is 4.92. The van der Waals surface area contributed by atoms with Gasteiger partial charge in [0.2, 0.25) is 0 Å². The molecule has 3 rings (SSSR count). The number of hydrogen-bond acceptors (Lipinski definition) is 0. The van der Waals surface area contributed by atoms with Gasteiger partial charge in [0.1, 0.15) is 0 Å². The third kappa shape index (κ3) is 2.28. The highest BCUT2D eigenvalue weighted by molar-refractivity contribution is 5.92. The molecule has 0 saturated heterocycles. The van der Waals surface area contributed by atoms with Crippen LogP contribution >= 0.6 is 0 Å². The molecule has 0 spiro atoms. The van der Waals surface area contributed by atoms with Gasteiger partial charge in [-0.05, 0) is 24.3 Å². The van der Waals surface area contributed by atoms with Gasteiger partial charge >= 0.3 is 0 Å². The maximum atomic E-state index is 4.95. The molecule has 1 nitrogen and oxygen atoms in total. The molecule has 0 amide bonds. The zero-order chi connectivity index (χ0) is 11.5. The molecule has 0 heterocycles. The summed E-state index contributed by atoms with van der Waals surface area (Å²) in [6.07, 6.45) is 6.62. The summed E-state index contributed by atoms with van der Waals surface area (Å²) >= 11 is 0. The Bertz CT molecular complexity index is 492. The van der Waals surface area contributed by atoms with Crippen LogP contribution in [0.4, 0.5) is 5.69 Å². The van der Waals surface area contributed by atoms with Crippen molar-refractivity contribution in [1.82, 2.24) is 5.32 Å². The van der Waals surface area contributed by atoms with E-state index in [1.54, 1.807) is 0 Å². The molecule has 1 aliphatic carbocycles. The summed E-state index contributed by atoms with van der Waals surface area (Å²) in [5, 5.41) is 7.53. The van der Waals surface area contributed by atoms with Gasteiger partial charge in [-0.3, -0.25) is 5.32 Å². The average Bonchev–Trinajstić information content (AvgIpc) is 2.40. The van der Waals surface area contributed by atoms with Gasteiger partial charge in [-0.25, -0.2) is 0 Å². The molecule has 1 saturated carbocycles. The van der Waals surface area contributed by atoms with Gasteiger partial charge in [0, 0.05) is 5.39 Å². The fourth-order valence-corrected chi connectivity index (χ4v) is 2.73. The molecular weight excluding hydrogens is 206 g/mol. The molecule has 0 aromatic heterocycles. The number of benzene rings is 2. The van der Waals surface area contributed by atoms with Crippen molar-refractivity contribution in [2.24, 2.45) is 0 Å². The molecule has 0 atom stereocenters. The number of nitrogens with zero attached hydrogens (tertiary/aromatic N) is 1. The first kappa shape index (κ1) is 10.6. The first-order valence-corrected chi connectivity index (χ1v) is 6.62. The summed E-state index contributed by atoms with van der Waals surface area (Å²) in [4.78, 5) is 0. The number of fused-ring (bicyclic) bond motifs is 1. The third-order valence-corrected chi connectivity index (χ3v) is 3.66. The fraction of sp³-hybridized carbons (Fsp3) is 0.375. The van der Waals surface area contributed by atoms with E-state index >= 15 is 0 Å². The topological polar surface area (TPSA) is 14.1 Å². The number of rotatable bonds is 2. The molecular formula is C16H18N. The molecule has 2 aromatic rings. The SMILES string of the molecule is c1ccc2c([N]C3CCCCC3)cccc2c1. The summed E-state index contributed by atoms with van der Waals surface area (Å²) in [5.74, 6) is 0. The minimum absolute atomic E-state index is 0.551. The van der Waals surface area contributed by atoms with Crippen molar-refractivity contribution in [3.63, 3.8) is 0 Å². The summed E-state index contributed by atoms with van der Waals surface area (Å²) in [6.45, 7) is 0. The van der Waals surface area contributed by atoms with Gasteiger partial charge in [0.25, 0.3) is 0 Å². The van der Waals surface area contributed by atoms with E-state index in [0.717, 1.165) is 0 Å². The fourth-order valence-electron chi connectivity index (χ4n) is 2.73. The minimum Gasteiger partial charge on any atom is -0.281 e. The molecule has 1 radical (unpaired) electrons. The van der Waals surface area contributed by atoms with E-state index in [1.165, 1.54) is 48.6 Å². The molecule has 2 aromatic carbocycles. The Kier molecular flexibility index (Phi) is 3.00. The first-order valence-electron chi connectivity index (χ1n) is 6.62. The Morgan fingerprint density at radius 1 is 0.824 bits per heavy atom. The molecule has 87 valence electrons. The Hall–Kier alpha value is -1.50. The summed E-state index contributed by atoms with van der Waals surface area (Å²) in [6, 6.07) is 15.5. The normalized spacial score (nSPS) is 17.2. The second-order valence-electron chi connectivity index (χ2n) is 4.92. The van der Waals surface area contributed by atoms with Crippen molar-refractivity contribution in [1.29, 1.82) is 0 Å². The predicted octanol–water partition coefficient (Wildman–Crippen LogP) is 4.41. The standard InChI is InChI=1S/C16H18N/c1-2-9-14(10-3-1)17-16-12-6-8-13-7-4-5-11-15(13)16/h4-8,11-12,14H,1-3,9-10H2. The van der Waals surface area contributed by atoms with Crippen LogP contribution in [0.1, 0.15) is 32.1 Å². The summed E-state index contributed by atoms with van der Waals surface area (Å²) in [7, 11) is 0. The lowest BCUT2D eigenvalue weighted by Gasteiger charge is -2.22. The molecule has 0 unspecified atom stereocenters. The van der Waals surface area contributed by atoms with E-state index in [9.17, 15) is 0 Å². The highest BCUT2D eigenvalue weighted by Gasteiger charge is 2.15. The van der Waals surface area contributed by atoms with Gasteiger partial charge in [0.15, 0.2) is 0 Å². The van der Waals surface area contributed by atoms with Crippen molar-refractivity contribution in [3.05, 3.63) is 42.5 Å². The highest BCUT2D eigenvalue weighted by atomic mass is 14.9. The van der Waals surface area contributed by atoms with Crippen LogP contribution in [0.2, 0.25) is 0 Å². The maximum Gasteiger partial charge on any atom is 0.0656 e. The minimum atomic E-state index is 0.551. The zero-order valence-corrected chi connectivity index (χ0v) is 10.1. The van der Waals surface area contributed by atoms with E-state index in [2.05, 4.69) is 42.5 Å². The van der Waals surface area contributed by atoms with E-state index in [-0.39, 0.29) is 0 Å². The van der Waals surface area contributed by atoms with Crippen LogP contribution in [0.25, 0.3) is 10.8 Å². The lowest BCUT2D eigenvalue weighted by Crippen LogP contribution is -2.21. The van der Waals surface area contributed by atoms with Crippen LogP contribution in [-0.2, 0) is 0 Å². The Morgan fingerprint density at radius 2 is 1.59 bits per heavy atom. The van der Waals surface area contributed by atoms with Crippen molar-refractivity contribution in [3.8, 4) is 0 Å². The monoisotopic (exact) mass is 224 g/mol. The van der Waals surface area contributed by atoms with Crippen LogP contribution in [0, 0.1) is 0 Å². The van der Waals surface area contributed by atoms with Crippen LogP contribution < -0.4 is 5.32 Å². The van der Waals surface area contributed by atoms with Gasteiger partial charge < -0.3 is 0 Å². The van der Waals surface area contributed by atoms with E-state index in [0.29, 0.717) is 6.04 Å². The predicted molar refractivity (Wildman–Crippen MR) is 72.6 cm³/mol. The van der Waals surface area contributed by atoms with E-state index in [4.69, 9.17) is 5.32 Å². The molecule has 1 fully saturated rings. The number of hydrogen-bond donors (Lipinski definition) is 0. The van der Waals surface area contributed by atoms with Gasteiger partial charge in [0.05, 0.1) is 11.7 Å². The Labute approximate surface area is 103 Å². The van der Waals surface area contributed by atoms with Gasteiger partial charge in [-0.1, -0.05) is 55.7 Å². The smallest absolute Gasteiger partial charge is 0.0656 e. The highest BCUT2D eigenvalue weighted by Crippen LogP contribution is 2.27. The van der Waals surface area contributed by atoms with Crippen molar-refractivity contribution in [2.75, 3.05) is 0 Å². The summed E-state index contributed by atoms with van der Waals surface area (Å²) in [5.41, 5.74) is 1.18. The third-order valence-electron chi connectivity index (χ3n) is 3.66. The van der Waals surface area contributed by atoms with Crippen LogP contribution in [0.15, 0.2) is 42.5 Å². The molecule has 0 aliphatic heterocycles. The van der Waals surface area contributed by atoms with Gasteiger partial charge in [-0.2, -0.15) is 0 Å². The lowest BCUT2D eigenvalue weighted by atomic mass is 9.95. The van der Waals surface area contributed by atoms with E-state index < -0.39 is 0 Å².